The van der Waals surface area contributed by atoms with Gasteiger partial charge in [-0.05, 0) is 56.0 Å². The molecule has 1 aromatic heterocycles. The molecule has 0 unspecified atom stereocenters. The van der Waals surface area contributed by atoms with Gasteiger partial charge in [0, 0.05) is 37.1 Å². The molecule has 0 radical (unpaired) electrons. The molecule has 2 heterocycles. The molecular weight excluding hydrogens is 582 g/mol. The molecule has 0 aliphatic carbocycles. The Balaban J connectivity index is 1.87. The number of hydrogen-bond acceptors (Lipinski definition) is 8. The number of imide groups is 1. The molecule has 42 heavy (non-hydrogen) atoms. The number of rotatable bonds is 12. The Hall–Kier alpha value is -3.49. The Bertz CT molecular complexity index is 1380. The summed E-state index contributed by atoms with van der Waals surface area (Å²) in [6.07, 6.45) is 3.09. The lowest BCUT2D eigenvalue weighted by atomic mass is 10.0. The third-order valence-electron chi connectivity index (χ3n) is 6.77. The highest BCUT2D eigenvalue weighted by atomic mass is 32.2. The van der Waals surface area contributed by atoms with Gasteiger partial charge in [0.1, 0.15) is 5.00 Å². The Kier molecular flexibility index (Phi) is 11.9. The van der Waals surface area contributed by atoms with Gasteiger partial charge in [0.05, 0.1) is 23.6 Å². The fraction of sp³-hybridized carbons (Fsp3) is 0.500. The molecule has 1 aliphatic heterocycles. The van der Waals surface area contributed by atoms with Crippen LogP contribution >= 0.6 is 11.3 Å². The zero-order chi connectivity index (χ0) is 30.9. The number of hydrogen-bond donors (Lipinski definition) is 3. The summed E-state index contributed by atoms with van der Waals surface area (Å²) >= 11 is 1.14. The summed E-state index contributed by atoms with van der Waals surface area (Å²) in [5, 5.41) is 7.55. The quantitative estimate of drug-likeness (QED) is 0.321. The maximum Gasteiger partial charge on any atom is 0.410 e. The summed E-state index contributed by atoms with van der Waals surface area (Å²) in [6, 6.07) is 4.97. The number of anilines is 1. The van der Waals surface area contributed by atoms with E-state index in [0.717, 1.165) is 37.0 Å². The smallest absolute Gasteiger partial charge is 0.410 e. The molecule has 1 aliphatic rings. The summed E-state index contributed by atoms with van der Waals surface area (Å²) in [5.41, 5.74) is 0.981. The molecule has 0 saturated heterocycles. The molecule has 230 valence electrons. The van der Waals surface area contributed by atoms with Crippen molar-refractivity contribution in [3.05, 3.63) is 45.8 Å². The predicted molar refractivity (Wildman–Crippen MR) is 160 cm³/mol. The number of fused-ring (bicyclic) bond motifs is 1. The highest BCUT2D eigenvalue weighted by Gasteiger charge is 2.32. The normalized spacial score (nSPS) is 12.9. The molecule has 14 heteroatoms. The molecule has 0 bridgehead atoms. The average Bonchev–Trinajstić information content (AvgIpc) is 3.34. The lowest BCUT2D eigenvalue weighted by molar-refractivity contribution is 0.0963. The van der Waals surface area contributed by atoms with Gasteiger partial charge in [0.25, 0.3) is 11.8 Å². The van der Waals surface area contributed by atoms with Crippen molar-refractivity contribution in [3.63, 3.8) is 0 Å². The van der Waals surface area contributed by atoms with Gasteiger partial charge in [0.15, 0.2) is 0 Å². The minimum Gasteiger partial charge on any atom is -0.450 e. The zero-order valence-corrected chi connectivity index (χ0v) is 26.1. The van der Waals surface area contributed by atoms with E-state index in [0.29, 0.717) is 36.5 Å². The van der Waals surface area contributed by atoms with Gasteiger partial charge in [-0.1, -0.05) is 26.7 Å². The van der Waals surface area contributed by atoms with Gasteiger partial charge in [-0.25, -0.2) is 18.0 Å². The van der Waals surface area contributed by atoms with E-state index in [2.05, 4.69) is 16.0 Å². The van der Waals surface area contributed by atoms with Crippen LogP contribution in [0.3, 0.4) is 0 Å². The second-order valence-corrected chi connectivity index (χ2v) is 12.7. The highest BCUT2D eigenvalue weighted by Crippen LogP contribution is 2.37. The number of nitrogens with zero attached hydrogens (tertiary/aromatic N) is 2. The number of benzene rings is 1. The Morgan fingerprint density at radius 1 is 1.00 bits per heavy atom. The van der Waals surface area contributed by atoms with E-state index in [-0.39, 0.29) is 34.2 Å². The van der Waals surface area contributed by atoms with E-state index in [9.17, 15) is 27.6 Å². The highest BCUT2D eigenvalue weighted by molar-refractivity contribution is 7.89. The van der Waals surface area contributed by atoms with Crippen molar-refractivity contribution in [2.24, 2.45) is 0 Å². The maximum absolute atomic E-state index is 13.3. The van der Waals surface area contributed by atoms with Crippen molar-refractivity contribution in [3.8, 4) is 0 Å². The van der Waals surface area contributed by atoms with Crippen molar-refractivity contribution in [1.82, 2.24) is 19.8 Å². The Labute approximate surface area is 250 Å². The van der Waals surface area contributed by atoms with Crippen molar-refractivity contribution in [2.75, 3.05) is 38.6 Å². The molecular formula is C28H39N5O7S2. The van der Waals surface area contributed by atoms with Crippen LogP contribution in [0.5, 0.6) is 0 Å². The van der Waals surface area contributed by atoms with Crippen molar-refractivity contribution in [2.45, 2.75) is 64.3 Å². The number of urea groups is 1. The van der Waals surface area contributed by atoms with Crippen LogP contribution in [0.1, 0.15) is 77.6 Å². The third kappa shape index (κ3) is 7.86. The third-order valence-corrected chi connectivity index (χ3v) is 9.81. The van der Waals surface area contributed by atoms with Gasteiger partial charge >= 0.3 is 12.1 Å². The lowest BCUT2D eigenvalue weighted by Gasteiger charge is -2.26. The lowest BCUT2D eigenvalue weighted by Crippen LogP contribution is -2.39. The second-order valence-electron chi connectivity index (χ2n) is 9.70. The Morgan fingerprint density at radius 2 is 1.64 bits per heavy atom. The molecule has 2 aromatic rings. The van der Waals surface area contributed by atoms with Gasteiger partial charge in [-0.2, -0.15) is 4.31 Å². The van der Waals surface area contributed by atoms with Crippen LogP contribution in [0.2, 0.25) is 0 Å². The fourth-order valence-corrected chi connectivity index (χ4v) is 7.23. The van der Waals surface area contributed by atoms with Crippen LogP contribution in [0.15, 0.2) is 29.2 Å². The van der Waals surface area contributed by atoms with Crippen LogP contribution in [0, 0.1) is 0 Å². The summed E-state index contributed by atoms with van der Waals surface area (Å²) in [4.78, 5) is 52.8. The first-order chi connectivity index (χ1) is 20.1. The van der Waals surface area contributed by atoms with Gasteiger partial charge in [-0.15, -0.1) is 11.3 Å². The topological polar surface area (TPSA) is 154 Å². The summed E-state index contributed by atoms with van der Waals surface area (Å²) in [7, 11) is -2.35. The monoisotopic (exact) mass is 621 g/mol. The van der Waals surface area contributed by atoms with Crippen LogP contribution in [0.25, 0.3) is 0 Å². The van der Waals surface area contributed by atoms with Crippen LogP contribution in [-0.4, -0.2) is 74.9 Å². The number of sulfonamides is 1. The fourth-order valence-electron chi connectivity index (χ4n) is 4.45. The molecule has 12 nitrogen and oxygen atoms in total. The second kappa shape index (κ2) is 15.1. The maximum atomic E-state index is 13.3. The molecule has 1 aromatic carbocycles. The number of nitrogens with one attached hydrogen (secondary N) is 3. The van der Waals surface area contributed by atoms with Gasteiger partial charge in [0.2, 0.25) is 10.0 Å². The van der Waals surface area contributed by atoms with Gasteiger partial charge in [-0.3, -0.25) is 14.9 Å². The molecule has 0 spiro atoms. The summed E-state index contributed by atoms with van der Waals surface area (Å²) in [5.74, 6) is -1.24. The first kappa shape index (κ1) is 33.0. The minimum absolute atomic E-state index is 0.0996. The standard InChI is InChI=1S/C28H39N5O7S2/c1-5-8-15-33(16-9-6-2)42(38,39)20-12-10-19(11-13-20)24(34)30-26-23(25(35)31-27(36)29-4)21-14-17-32(18-22(21)41-26)28(37)40-7-3/h10-13H,5-9,14-18H2,1-4H3,(H,30,34)(H2,29,31,35,36). The van der Waals surface area contributed by atoms with Crippen molar-refractivity contribution < 1.29 is 32.3 Å². The van der Waals surface area contributed by atoms with E-state index >= 15 is 0 Å². The molecule has 3 N–H and O–H groups in total. The van der Waals surface area contributed by atoms with E-state index in [1.807, 2.05) is 13.8 Å². The van der Waals surface area contributed by atoms with Crippen molar-refractivity contribution >= 4 is 50.3 Å². The van der Waals surface area contributed by atoms with Crippen molar-refractivity contribution in [1.29, 1.82) is 0 Å². The van der Waals surface area contributed by atoms with Crippen LogP contribution in [0.4, 0.5) is 14.6 Å². The van der Waals surface area contributed by atoms with E-state index in [1.54, 1.807) is 6.92 Å². The molecule has 0 saturated carbocycles. The number of ether oxygens (including phenoxy) is 1. The number of thiophene rings is 1. The SMILES string of the molecule is CCCCN(CCCC)S(=O)(=O)c1ccc(C(=O)Nc2sc3c(c2C(=O)NC(=O)NC)CCN(C(=O)OCC)C3)cc1. The zero-order valence-electron chi connectivity index (χ0n) is 24.4. The molecule has 3 rings (SSSR count). The molecule has 5 amide bonds. The number of carbonyl (C=O) groups excluding carboxylic acids is 4. The minimum atomic E-state index is -3.73. The van der Waals surface area contributed by atoms with Crippen LogP contribution < -0.4 is 16.0 Å². The first-order valence-corrected chi connectivity index (χ1v) is 16.3. The number of amides is 5. The first-order valence-electron chi connectivity index (χ1n) is 14.1. The molecule has 0 fully saturated rings. The largest absolute Gasteiger partial charge is 0.450 e. The predicted octanol–water partition coefficient (Wildman–Crippen LogP) is 4.18. The van der Waals surface area contributed by atoms with E-state index < -0.39 is 34.0 Å². The van der Waals surface area contributed by atoms with E-state index in [4.69, 9.17) is 4.74 Å². The number of unbranched alkanes of at least 4 members (excludes halogenated alkanes) is 2. The average molecular weight is 622 g/mol. The summed E-state index contributed by atoms with van der Waals surface area (Å²) < 4.78 is 33.2. The van der Waals surface area contributed by atoms with Crippen LogP contribution in [-0.2, 0) is 27.7 Å². The van der Waals surface area contributed by atoms with E-state index in [1.165, 1.54) is 40.5 Å². The molecule has 0 atom stereocenters. The summed E-state index contributed by atoms with van der Waals surface area (Å²) in [6.45, 7) is 7.30. The Morgan fingerprint density at radius 3 is 2.21 bits per heavy atom. The van der Waals surface area contributed by atoms with Gasteiger partial charge < -0.3 is 20.3 Å². The number of carbonyl (C=O) groups is 4.